The molecule has 134 valence electrons. The van der Waals surface area contributed by atoms with Crippen LogP contribution in [0.15, 0.2) is 24.3 Å². The lowest BCUT2D eigenvalue weighted by Crippen LogP contribution is -2.34. The van der Waals surface area contributed by atoms with Gasteiger partial charge in [-0.3, -0.25) is 9.59 Å². The fraction of sp³-hybridized carbons (Fsp3) is 0.579. The number of hydrogen-bond donors (Lipinski definition) is 1. The summed E-state index contributed by atoms with van der Waals surface area (Å²) in [6.45, 7) is 10.7. The number of amides is 2. The number of anilines is 1. The Labute approximate surface area is 145 Å². The first kappa shape index (κ1) is 20.0. The topological polar surface area (TPSA) is 58.6 Å². The van der Waals surface area contributed by atoms with Crippen molar-refractivity contribution in [1.29, 1.82) is 0 Å². The van der Waals surface area contributed by atoms with Crippen LogP contribution in [0.1, 0.15) is 47.5 Å². The molecule has 0 aliphatic rings. The van der Waals surface area contributed by atoms with Crippen molar-refractivity contribution >= 4 is 17.5 Å². The van der Waals surface area contributed by atoms with E-state index in [1.165, 1.54) is 6.92 Å². The average Bonchev–Trinajstić information content (AvgIpc) is 2.47. The van der Waals surface area contributed by atoms with Gasteiger partial charge in [-0.05, 0) is 50.5 Å². The molecule has 0 unspecified atom stereocenters. The lowest BCUT2D eigenvalue weighted by atomic mass is 10.1. The monoisotopic (exact) mass is 334 g/mol. The summed E-state index contributed by atoms with van der Waals surface area (Å²) in [5, 5.41) is 2.89. The lowest BCUT2D eigenvalue weighted by Gasteiger charge is -2.21. The SMILES string of the molecule is CC(=O)N(CCC(=O)NCCC(C)C)c1ccc(OC(C)C)cc1. The zero-order valence-electron chi connectivity index (χ0n) is 15.5. The predicted molar refractivity (Wildman–Crippen MR) is 97.3 cm³/mol. The number of ether oxygens (including phenoxy) is 1. The van der Waals surface area contributed by atoms with Gasteiger partial charge in [0, 0.05) is 32.1 Å². The first-order valence-corrected chi connectivity index (χ1v) is 8.61. The molecule has 5 nitrogen and oxygen atoms in total. The van der Waals surface area contributed by atoms with Crippen molar-refractivity contribution in [3.05, 3.63) is 24.3 Å². The van der Waals surface area contributed by atoms with Gasteiger partial charge in [0.15, 0.2) is 0 Å². The van der Waals surface area contributed by atoms with E-state index in [2.05, 4.69) is 19.2 Å². The van der Waals surface area contributed by atoms with Crippen LogP contribution in [-0.4, -0.2) is 31.0 Å². The van der Waals surface area contributed by atoms with Gasteiger partial charge in [-0.15, -0.1) is 0 Å². The van der Waals surface area contributed by atoms with E-state index in [9.17, 15) is 9.59 Å². The Morgan fingerprint density at radius 1 is 1.12 bits per heavy atom. The molecule has 0 aliphatic heterocycles. The van der Waals surface area contributed by atoms with Gasteiger partial charge in [-0.1, -0.05) is 13.8 Å². The summed E-state index contributed by atoms with van der Waals surface area (Å²) in [6.07, 6.45) is 1.36. The predicted octanol–water partition coefficient (Wildman–Crippen LogP) is 3.38. The molecule has 0 heterocycles. The van der Waals surface area contributed by atoms with Crippen molar-refractivity contribution in [2.45, 2.75) is 53.6 Å². The zero-order valence-corrected chi connectivity index (χ0v) is 15.5. The second kappa shape index (κ2) is 9.96. The van der Waals surface area contributed by atoms with E-state index in [1.807, 2.05) is 38.1 Å². The van der Waals surface area contributed by atoms with Gasteiger partial charge in [0.1, 0.15) is 5.75 Å². The second-order valence-electron chi connectivity index (χ2n) is 6.61. The van der Waals surface area contributed by atoms with E-state index < -0.39 is 0 Å². The number of carbonyl (C=O) groups excluding carboxylic acids is 2. The molecule has 0 saturated heterocycles. The molecule has 1 N–H and O–H groups in total. The number of rotatable bonds is 9. The Bertz CT molecular complexity index is 524. The summed E-state index contributed by atoms with van der Waals surface area (Å²) in [6, 6.07) is 7.37. The molecule has 24 heavy (non-hydrogen) atoms. The van der Waals surface area contributed by atoms with Crippen LogP contribution in [0.25, 0.3) is 0 Å². The number of nitrogens with one attached hydrogen (secondary N) is 1. The molecule has 0 aromatic heterocycles. The molecule has 0 fully saturated rings. The van der Waals surface area contributed by atoms with Gasteiger partial charge in [-0.2, -0.15) is 0 Å². The number of nitrogens with zero attached hydrogens (tertiary/aromatic N) is 1. The minimum Gasteiger partial charge on any atom is -0.491 e. The summed E-state index contributed by atoms with van der Waals surface area (Å²) >= 11 is 0. The molecule has 0 saturated carbocycles. The summed E-state index contributed by atoms with van der Waals surface area (Å²) in [5.41, 5.74) is 0.772. The summed E-state index contributed by atoms with van der Waals surface area (Å²) < 4.78 is 5.60. The molecule has 0 aliphatic carbocycles. The number of benzene rings is 1. The molecular weight excluding hydrogens is 304 g/mol. The van der Waals surface area contributed by atoms with Crippen LogP contribution in [0.4, 0.5) is 5.69 Å². The third-order valence-electron chi connectivity index (χ3n) is 3.51. The van der Waals surface area contributed by atoms with Gasteiger partial charge in [0.2, 0.25) is 11.8 Å². The molecule has 0 atom stereocenters. The van der Waals surface area contributed by atoms with E-state index in [0.717, 1.165) is 17.9 Å². The van der Waals surface area contributed by atoms with Crippen LogP contribution in [0, 0.1) is 5.92 Å². The van der Waals surface area contributed by atoms with E-state index in [4.69, 9.17) is 4.74 Å². The molecular formula is C19H30N2O3. The van der Waals surface area contributed by atoms with Gasteiger partial charge in [0.05, 0.1) is 6.10 Å². The Morgan fingerprint density at radius 2 is 1.75 bits per heavy atom. The summed E-state index contributed by atoms with van der Waals surface area (Å²) in [5.74, 6) is 1.22. The molecule has 0 bridgehead atoms. The number of hydrogen-bond acceptors (Lipinski definition) is 3. The molecule has 0 spiro atoms. The van der Waals surface area contributed by atoms with Crippen molar-refractivity contribution in [2.75, 3.05) is 18.0 Å². The average molecular weight is 334 g/mol. The number of carbonyl (C=O) groups is 2. The largest absolute Gasteiger partial charge is 0.491 e. The fourth-order valence-corrected chi connectivity index (χ4v) is 2.25. The quantitative estimate of drug-likeness (QED) is 0.753. The Morgan fingerprint density at radius 3 is 2.25 bits per heavy atom. The highest BCUT2D eigenvalue weighted by Gasteiger charge is 2.13. The van der Waals surface area contributed by atoms with E-state index in [-0.39, 0.29) is 17.9 Å². The highest BCUT2D eigenvalue weighted by Crippen LogP contribution is 2.20. The van der Waals surface area contributed by atoms with Gasteiger partial charge in [0.25, 0.3) is 0 Å². The lowest BCUT2D eigenvalue weighted by molar-refractivity contribution is -0.121. The molecule has 1 aromatic carbocycles. The summed E-state index contributed by atoms with van der Waals surface area (Å²) in [7, 11) is 0. The van der Waals surface area contributed by atoms with E-state index in [1.54, 1.807) is 4.90 Å². The Kier molecular flexibility index (Phi) is 8.30. The Balaban J connectivity index is 2.57. The molecule has 5 heteroatoms. The van der Waals surface area contributed by atoms with Crippen LogP contribution in [0.2, 0.25) is 0 Å². The summed E-state index contributed by atoms with van der Waals surface area (Å²) in [4.78, 5) is 25.4. The second-order valence-corrected chi connectivity index (χ2v) is 6.61. The zero-order chi connectivity index (χ0) is 18.1. The van der Waals surface area contributed by atoms with E-state index >= 15 is 0 Å². The minimum atomic E-state index is -0.0810. The van der Waals surface area contributed by atoms with Crippen LogP contribution in [0.3, 0.4) is 0 Å². The van der Waals surface area contributed by atoms with Crippen LogP contribution < -0.4 is 15.0 Å². The molecule has 0 radical (unpaired) electrons. The van der Waals surface area contributed by atoms with Crippen LogP contribution in [-0.2, 0) is 9.59 Å². The van der Waals surface area contributed by atoms with Crippen molar-refractivity contribution in [3.63, 3.8) is 0 Å². The maximum absolute atomic E-state index is 11.9. The van der Waals surface area contributed by atoms with Crippen molar-refractivity contribution in [1.82, 2.24) is 5.32 Å². The highest BCUT2D eigenvalue weighted by molar-refractivity contribution is 5.92. The molecule has 2 amide bonds. The minimum absolute atomic E-state index is 0.0262. The van der Waals surface area contributed by atoms with Gasteiger partial charge >= 0.3 is 0 Å². The fourth-order valence-electron chi connectivity index (χ4n) is 2.25. The Hall–Kier alpha value is -2.04. The third kappa shape index (κ3) is 7.49. The van der Waals surface area contributed by atoms with Gasteiger partial charge < -0.3 is 15.0 Å². The standard InChI is InChI=1S/C19H30N2O3/c1-14(2)10-12-20-19(23)11-13-21(16(5)22)17-6-8-18(9-7-17)24-15(3)4/h6-9,14-15H,10-13H2,1-5H3,(H,20,23). The van der Waals surface area contributed by atoms with Crippen LogP contribution >= 0.6 is 0 Å². The smallest absolute Gasteiger partial charge is 0.223 e. The maximum atomic E-state index is 11.9. The van der Waals surface area contributed by atoms with Gasteiger partial charge in [-0.25, -0.2) is 0 Å². The van der Waals surface area contributed by atoms with Crippen molar-refractivity contribution < 1.29 is 14.3 Å². The molecule has 1 rings (SSSR count). The maximum Gasteiger partial charge on any atom is 0.223 e. The van der Waals surface area contributed by atoms with Crippen LogP contribution in [0.5, 0.6) is 5.75 Å². The van der Waals surface area contributed by atoms with Crippen molar-refractivity contribution in [2.24, 2.45) is 5.92 Å². The highest BCUT2D eigenvalue weighted by atomic mass is 16.5. The molecule has 1 aromatic rings. The van der Waals surface area contributed by atoms with Crippen molar-refractivity contribution in [3.8, 4) is 5.75 Å². The van der Waals surface area contributed by atoms with E-state index in [0.29, 0.717) is 25.4 Å². The first-order valence-electron chi connectivity index (χ1n) is 8.61. The third-order valence-corrected chi connectivity index (χ3v) is 3.51. The normalized spacial score (nSPS) is 10.8. The first-order chi connectivity index (χ1) is 11.3.